The van der Waals surface area contributed by atoms with Gasteiger partial charge in [-0.25, -0.2) is 0 Å². The molecular weight excluding hydrogens is 256 g/mol. The Morgan fingerprint density at radius 1 is 0.524 bits per heavy atom. The summed E-state index contributed by atoms with van der Waals surface area (Å²) in [4.78, 5) is 2.38. The lowest BCUT2D eigenvalue weighted by Crippen LogP contribution is -2.21. The minimum Gasteiger partial charge on any atom is -0.317 e. The second kappa shape index (κ2) is 72.5. The third-order valence-electron chi connectivity index (χ3n) is 1.84. The van der Waals surface area contributed by atoms with E-state index in [1.165, 1.54) is 26.1 Å². The van der Waals surface area contributed by atoms with Crippen LogP contribution in [-0.2, 0) is 0 Å². The normalized spacial score (nSPS) is 6.29. The highest BCUT2D eigenvalue weighted by molar-refractivity contribution is 4.43. The Labute approximate surface area is 143 Å². The van der Waals surface area contributed by atoms with Gasteiger partial charge in [-0.3, -0.25) is 0 Å². The van der Waals surface area contributed by atoms with Gasteiger partial charge in [0.15, 0.2) is 0 Å². The van der Waals surface area contributed by atoms with Crippen LogP contribution in [0.15, 0.2) is 0 Å². The molecule has 0 heterocycles. The van der Waals surface area contributed by atoms with Gasteiger partial charge in [-0.2, -0.15) is 0 Å². The maximum absolute atomic E-state index is 3.11. The Hall–Kier alpha value is -0.0800. The minimum absolute atomic E-state index is 0. The summed E-state index contributed by atoms with van der Waals surface area (Å²) in [5.74, 6) is 0. The van der Waals surface area contributed by atoms with E-state index in [1.54, 1.807) is 0 Å². The van der Waals surface area contributed by atoms with Crippen molar-refractivity contribution in [3.63, 3.8) is 0 Å². The number of rotatable bonds is 5. The maximum atomic E-state index is 3.11. The summed E-state index contributed by atoms with van der Waals surface area (Å²) in [6, 6.07) is 0. The first-order valence-electron chi connectivity index (χ1n) is 6.61. The highest BCUT2D eigenvalue weighted by Crippen LogP contribution is 1.81. The molecule has 1 N–H and O–H groups in total. The first-order valence-corrected chi connectivity index (χ1v) is 6.61. The molecule has 0 spiro atoms. The first kappa shape index (κ1) is 58.4. The Morgan fingerprint density at radius 2 is 0.714 bits per heavy atom. The van der Waals surface area contributed by atoms with Crippen LogP contribution in [0.1, 0.15) is 99.4 Å². The van der Waals surface area contributed by atoms with E-state index in [0.29, 0.717) is 0 Å². The van der Waals surface area contributed by atoms with Crippen molar-refractivity contribution in [1.29, 1.82) is 0 Å². The molecule has 2 nitrogen and oxygen atoms in total. The molecule has 21 heavy (non-hydrogen) atoms. The lowest BCUT2D eigenvalue weighted by molar-refractivity contribution is 0.321. The lowest BCUT2D eigenvalue weighted by atomic mass is 10.5. The third kappa shape index (κ3) is 102. The van der Waals surface area contributed by atoms with Gasteiger partial charge in [0, 0.05) is 0 Å². The van der Waals surface area contributed by atoms with Crippen molar-refractivity contribution in [2.45, 2.75) is 99.4 Å². The fraction of sp³-hybridized carbons (Fsp3) is 1.00. The Kier molecular flexibility index (Phi) is 202. The van der Waals surface area contributed by atoms with Crippen LogP contribution in [0, 0.1) is 0 Å². The zero-order valence-corrected chi connectivity index (χ0v) is 12.2. The molecule has 0 radical (unpaired) electrons. The van der Waals surface area contributed by atoms with Crippen LogP contribution in [0.2, 0.25) is 0 Å². The lowest BCUT2D eigenvalue weighted by Gasteiger charge is -2.13. The van der Waals surface area contributed by atoms with Gasteiger partial charge < -0.3 is 10.2 Å². The maximum Gasteiger partial charge on any atom is -0.00474 e. The van der Waals surface area contributed by atoms with Crippen LogP contribution in [0.3, 0.4) is 0 Å². The molecule has 0 saturated heterocycles. The van der Waals surface area contributed by atoms with E-state index in [9.17, 15) is 0 Å². The van der Waals surface area contributed by atoms with Gasteiger partial charge in [-0.1, -0.05) is 99.4 Å². The molecule has 0 aliphatic heterocycles. The molecule has 0 atom stereocenters. The zero-order valence-electron chi connectivity index (χ0n) is 12.2. The smallest absolute Gasteiger partial charge is 0.00474 e. The third-order valence-corrected chi connectivity index (χ3v) is 1.84. The van der Waals surface area contributed by atoms with Crippen LogP contribution in [0.5, 0.6) is 0 Å². The zero-order chi connectivity index (χ0) is 12.5. The van der Waals surface area contributed by atoms with E-state index in [4.69, 9.17) is 0 Å². The van der Waals surface area contributed by atoms with Crippen molar-refractivity contribution in [3.05, 3.63) is 0 Å². The SMILES string of the molecule is C.C.C.C.C.C.CCC.CCN(CC)CC.CCNCC. The van der Waals surface area contributed by atoms with Crippen LogP contribution in [-0.4, -0.2) is 37.6 Å². The molecule has 0 aromatic carbocycles. The summed E-state index contributed by atoms with van der Waals surface area (Å²) in [7, 11) is 0. The van der Waals surface area contributed by atoms with Gasteiger partial charge in [0.2, 0.25) is 0 Å². The Morgan fingerprint density at radius 3 is 0.714 bits per heavy atom. The second-order valence-corrected chi connectivity index (χ2v) is 3.28. The van der Waals surface area contributed by atoms with E-state index < -0.39 is 0 Å². The highest BCUT2D eigenvalue weighted by Gasteiger charge is 1.89. The Bertz CT molecular complexity index is 64.5. The summed E-state index contributed by atoms with van der Waals surface area (Å²) < 4.78 is 0. The van der Waals surface area contributed by atoms with Crippen LogP contribution in [0.4, 0.5) is 0 Å². The molecule has 0 bridgehead atoms. The van der Waals surface area contributed by atoms with Crippen molar-refractivity contribution in [3.8, 4) is 0 Å². The standard InChI is InChI=1S/C6H15N.C4H11N.C3H8.6CH4/c1-4-7(5-2)6-3;1-3-5-4-2;1-3-2;;;;;;/h4-6H2,1-3H3;5H,3-4H2,1-2H3;3H2,1-2H3;6*1H4. The monoisotopic (exact) mass is 314 g/mol. The van der Waals surface area contributed by atoms with Crippen molar-refractivity contribution >= 4 is 0 Å². The molecule has 0 aromatic rings. The van der Waals surface area contributed by atoms with Crippen molar-refractivity contribution < 1.29 is 0 Å². The number of hydrogen-bond donors (Lipinski definition) is 1. The van der Waals surface area contributed by atoms with Crippen LogP contribution < -0.4 is 5.32 Å². The van der Waals surface area contributed by atoms with Crippen LogP contribution in [0.25, 0.3) is 0 Å². The molecule has 0 aromatic heterocycles. The summed E-state index contributed by atoms with van der Waals surface area (Å²) in [6.07, 6.45) is 1.25. The quantitative estimate of drug-likeness (QED) is 0.577. The van der Waals surface area contributed by atoms with E-state index in [-0.39, 0.29) is 44.6 Å². The molecular formula is C19H58N2. The van der Waals surface area contributed by atoms with Crippen molar-refractivity contribution in [1.82, 2.24) is 10.2 Å². The Balaban J connectivity index is -0.0000000135. The fourth-order valence-electron chi connectivity index (χ4n) is 0.921. The second-order valence-electron chi connectivity index (χ2n) is 3.28. The average molecular weight is 315 g/mol. The van der Waals surface area contributed by atoms with E-state index in [0.717, 1.165) is 13.1 Å². The van der Waals surface area contributed by atoms with Gasteiger partial charge in [0.25, 0.3) is 0 Å². The van der Waals surface area contributed by atoms with Gasteiger partial charge >= 0.3 is 0 Å². The molecule has 0 unspecified atom stereocenters. The number of hydrogen-bond acceptors (Lipinski definition) is 2. The summed E-state index contributed by atoms with van der Waals surface area (Å²) >= 11 is 0. The summed E-state index contributed by atoms with van der Waals surface area (Å²) in [6.45, 7) is 20.8. The molecule has 0 fully saturated rings. The molecule has 0 saturated carbocycles. The van der Waals surface area contributed by atoms with Gasteiger partial charge in [0.05, 0.1) is 0 Å². The summed E-state index contributed by atoms with van der Waals surface area (Å²) in [5.41, 5.74) is 0. The molecule has 0 rings (SSSR count). The van der Waals surface area contributed by atoms with E-state index in [1.807, 2.05) is 0 Å². The molecule has 144 valence electrons. The highest BCUT2D eigenvalue weighted by atomic mass is 15.1. The predicted molar refractivity (Wildman–Crippen MR) is 114 cm³/mol. The topological polar surface area (TPSA) is 15.3 Å². The number of nitrogens with one attached hydrogen (secondary N) is 1. The van der Waals surface area contributed by atoms with Gasteiger partial charge in [0.1, 0.15) is 0 Å². The molecule has 0 amide bonds. The van der Waals surface area contributed by atoms with Gasteiger partial charge in [-0.05, 0) is 32.7 Å². The van der Waals surface area contributed by atoms with Crippen LogP contribution >= 0.6 is 0 Å². The largest absolute Gasteiger partial charge is 0.317 e. The predicted octanol–water partition coefficient (Wildman–Crippen LogP) is 7.20. The molecule has 0 aliphatic rings. The average Bonchev–Trinajstić information content (AvgIpc) is 2.24. The molecule has 0 aliphatic carbocycles. The first-order chi connectivity index (χ1) is 7.17. The van der Waals surface area contributed by atoms with E-state index >= 15 is 0 Å². The summed E-state index contributed by atoms with van der Waals surface area (Å²) in [5, 5.41) is 3.11. The van der Waals surface area contributed by atoms with Crippen molar-refractivity contribution in [2.75, 3.05) is 32.7 Å². The molecule has 2 heteroatoms. The number of nitrogens with zero attached hydrogens (tertiary/aromatic N) is 1. The minimum atomic E-state index is 0. The fourth-order valence-corrected chi connectivity index (χ4v) is 0.921. The van der Waals surface area contributed by atoms with Gasteiger partial charge in [-0.15, -0.1) is 0 Å². The van der Waals surface area contributed by atoms with E-state index in [2.05, 4.69) is 58.7 Å². The van der Waals surface area contributed by atoms with Crippen molar-refractivity contribution in [2.24, 2.45) is 0 Å².